The van der Waals surface area contributed by atoms with Crippen LogP contribution >= 0.6 is 0 Å². The highest BCUT2D eigenvalue weighted by atomic mass is 19.4. The van der Waals surface area contributed by atoms with E-state index in [0.717, 1.165) is 12.1 Å². The van der Waals surface area contributed by atoms with Gasteiger partial charge in [0.2, 0.25) is 0 Å². The van der Waals surface area contributed by atoms with E-state index in [-0.39, 0.29) is 24.5 Å². The standard InChI is InChI=1S/C17H15F3N4O4/c18-17(19,20)12-5-6-14(16(11-12)24(27)28)22-9-7-21(8-10-22)13-3-1-2-4-15(13)23(25)26/h1-6,11H,7-10H2. The maximum Gasteiger partial charge on any atom is 0.416 e. The van der Waals surface area contributed by atoms with E-state index in [4.69, 9.17) is 0 Å². The molecule has 0 amide bonds. The van der Waals surface area contributed by atoms with Gasteiger partial charge in [-0.05, 0) is 18.2 Å². The van der Waals surface area contributed by atoms with Crippen molar-refractivity contribution in [1.82, 2.24) is 0 Å². The second-order valence-corrected chi connectivity index (χ2v) is 6.18. The van der Waals surface area contributed by atoms with Gasteiger partial charge in [-0.15, -0.1) is 0 Å². The van der Waals surface area contributed by atoms with Crippen LogP contribution in [0.25, 0.3) is 0 Å². The SMILES string of the molecule is O=[N+]([O-])c1ccccc1N1CCN(c2ccc(C(F)(F)F)cc2[N+](=O)[O-])CC1. The summed E-state index contributed by atoms with van der Waals surface area (Å²) < 4.78 is 38.5. The molecule has 1 aliphatic rings. The zero-order valence-corrected chi connectivity index (χ0v) is 14.4. The van der Waals surface area contributed by atoms with Crippen LogP contribution in [-0.4, -0.2) is 36.0 Å². The molecule has 0 bridgehead atoms. The van der Waals surface area contributed by atoms with Crippen molar-refractivity contribution in [2.75, 3.05) is 36.0 Å². The van der Waals surface area contributed by atoms with Crippen LogP contribution in [0.2, 0.25) is 0 Å². The molecule has 0 aromatic heterocycles. The van der Waals surface area contributed by atoms with Gasteiger partial charge >= 0.3 is 6.18 Å². The fraction of sp³-hybridized carbons (Fsp3) is 0.294. The Morgan fingerprint density at radius 2 is 1.29 bits per heavy atom. The van der Waals surface area contributed by atoms with E-state index >= 15 is 0 Å². The molecular formula is C17H15F3N4O4. The lowest BCUT2D eigenvalue weighted by Gasteiger charge is -2.36. The van der Waals surface area contributed by atoms with Crippen LogP contribution in [0.3, 0.4) is 0 Å². The van der Waals surface area contributed by atoms with Gasteiger partial charge in [-0.1, -0.05) is 12.1 Å². The summed E-state index contributed by atoms with van der Waals surface area (Å²) in [7, 11) is 0. The van der Waals surface area contributed by atoms with Crippen LogP contribution < -0.4 is 9.80 Å². The average Bonchev–Trinajstić information content (AvgIpc) is 2.67. The van der Waals surface area contributed by atoms with Gasteiger partial charge in [0.25, 0.3) is 11.4 Å². The van der Waals surface area contributed by atoms with Crippen molar-refractivity contribution < 1.29 is 23.0 Å². The largest absolute Gasteiger partial charge is 0.416 e. The lowest BCUT2D eigenvalue weighted by molar-refractivity contribution is -0.384. The lowest BCUT2D eigenvalue weighted by atomic mass is 10.1. The first-order valence-electron chi connectivity index (χ1n) is 8.27. The first kappa shape index (κ1) is 19.4. The van der Waals surface area contributed by atoms with Crippen LogP contribution in [0.1, 0.15) is 5.56 Å². The van der Waals surface area contributed by atoms with E-state index in [1.807, 2.05) is 0 Å². The molecular weight excluding hydrogens is 381 g/mol. The molecule has 0 spiro atoms. The number of nitro groups is 2. The maximum absolute atomic E-state index is 12.8. The fourth-order valence-electron chi connectivity index (χ4n) is 3.19. The van der Waals surface area contributed by atoms with Crippen LogP contribution in [0.5, 0.6) is 0 Å². The molecule has 0 saturated carbocycles. The zero-order valence-electron chi connectivity index (χ0n) is 14.4. The summed E-state index contributed by atoms with van der Waals surface area (Å²) in [5.74, 6) is 0. The van der Waals surface area contributed by atoms with Crippen molar-refractivity contribution in [3.8, 4) is 0 Å². The number of benzene rings is 2. The van der Waals surface area contributed by atoms with E-state index in [0.29, 0.717) is 24.8 Å². The molecule has 3 rings (SSSR count). The minimum atomic E-state index is -4.67. The highest BCUT2D eigenvalue weighted by Crippen LogP contribution is 2.37. The molecule has 2 aromatic rings. The van der Waals surface area contributed by atoms with Gasteiger partial charge in [0, 0.05) is 38.3 Å². The number of rotatable bonds is 4. The summed E-state index contributed by atoms with van der Waals surface area (Å²) in [6.07, 6.45) is -4.67. The van der Waals surface area contributed by atoms with Gasteiger partial charge in [0.05, 0.1) is 15.4 Å². The number of alkyl halides is 3. The highest BCUT2D eigenvalue weighted by Gasteiger charge is 2.34. The third-order valence-corrected chi connectivity index (χ3v) is 4.54. The third-order valence-electron chi connectivity index (χ3n) is 4.54. The molecule has 0 atom stereocenters. The Bertz CT molecular complexity index is 912. The van der Waals surface area contributed by atoms with Crippen molar-refractivity contribution in [2.24, 2.45) is 0 Å². The van der Waals surface area contributed by atoms with Crippen molar-refractivity contribution >= 4 is 22.7 Å². The van der Waals surface area contributed by atoms with E-state index in [2.05, 4.69) is 0 Å². The zero-order chi connectivity index (χ0) is 20.5. The molecule has 28 heavy (non-hydrogen) atoms. The van der Waals surface area contributed by atoms with Gasteiger partial charge in [0.1, 0.15) is 11.4 Å². The molecule has 8 nitrogen and oxygen atoms in total. The highest BCUT2D eigenvalue weighted by molar-refractivity contribution is 5.67. The van der Waals surface area contributed by atoms with Crippen LogP contribution in [0, 0.1) is 20.2 Å². The van der Waals surface area contributed by atoms with Gasteiger partial charge in [-0.2, -0.15) is 13.2 Å². The Morgan fingerprint density at radius 3 is 1.79 bits per heavy atom. The summed E-state index contributed by atoms with van der Waals surface area (Å²) in [5, 5.41) is 22.5. The van der Waals surface area contributed by atoms with Crippen molar-refractivity contribution in [1.29, 1.82) is 0 Å². The Morgan fingerprint density at radius 1 is 0.786 bits per heavy atom. The van der Waals surface area contributed by atoms with Gasteiger partial charge in [-0.25, -0.2) is 0 Å². The van der Waals surface area contributed by atoms with Gasteiger partial charge < -0.3 is 9.80 Å². The number of hydrogen-bond donors (Lipinski definition) is 0. The minimum Gasteiger partial charge on any atom is -0.362 e. The molecule has 1 saturated heterocycles. The van der Waals surface area contributed by atoms with E-state index < -0.39 is 27.3 Å². The van der Waals surface area contributed by atoms with E-state index in [9.17, 15) is 33.4 Å². The number of para-hydroxylation sites is 2. The molecule has 0 unspecified atom stereocenters. The quantitative estimate of drug-likeness (QED) is 0.576. The predicted octanol–water partition coefficient (Wildman–Crippen LogP) is 3.85. The molecule has 1 aliphatic heterocycles. The van der Waals surface area contributed by atoms with Crippen LogP contribution in [0.4, 0.5) is 35.9 Å². The number of anilines is 2. The second kappa shape index (κ2) is 7.33. The molecule has 0 N–H and O–H groups in total. The normalized spacial score (nSPS) is 14.8. The molecule has 1 fully saturated rings. The lowest BCUT2D eigenvalue weighted by Crippen LogP contribution is -2.46. The topological polar surface area (TPSA) is 92.8 Å². The van der Waals surface area contributed by atoms with Crippen molar-refractivity contribution in [2.45, 2.75) is 6.18 Å². The van der Waals surface area contributed by atoms with Crippen LogP contribution in [-0.2, 0) is 6.18 Å². The minimum absolute atomic E-state index is 0.0449. The Labute approximate surface area is 157 Å². The van der Waals surface area contributed by atoms with Gasteiger partial charge in [-0.3, -0.25) is 20.2 Å². The molecule has 2 aromatic carbocycles. The second-order valence-electron chi connectivity index (χ2n) is 6.18. The molecule has 0 aliphatic carbocycles. The maximum atomic E-state index is 12.8. The summed E-state index contributed by atoms with van der Waals surface area (Å²) in [5.41, 5.74) is -1.21. The van der Waals surface area contributed by atoms with Crippen LogP contribution in [0.15, 0.2) is 42.5 Å². The summed E-state index contributed by atoms with van der Waals surface area (Å²) in [6, 6.07) is 8.69. The number of halogens is 3. The molecule has 148 valence electrons. The Kier molecular flexibility index (Phi) is 5.08. The monoisotopic (exact) mass is 396 g/mol. The van der Waals surface area contributed by atoms with Crippen molar-refractivity contribution in [3.05, 3.63) is 68.3 Å². The Hall–Kier alpha value is -3.37. The van der Waals surface area contributed by atoms with E-state index in [1.54, 1.807) is 28.0 Å². The smallest absolute Gasteiger partial charge is 0.362 e. The number of nitrogens with zero attached hydrogens (tertiary/aromatic N) is 4. The fourth-order valence-corrected chi connectivity index (χ4v) is 3.19. The molecule has 11 heteroatoms. The third kappa shape index (κ3) is 3.82. The number of piperazine rings is 1. The summed E-state index contributed by atoms with van der Waals surface area (Å²) in [4.78, 5) is 24.5. The van der Waals surface area contributed by atoms with Crippen molar-refractivity contribution in [3.63, 3.8) is 0 Å². The Balaban J connectivity index is 1.82. The van der Waals surface area contributed by atoms with E-state index in [1.165, 1.54) is 6.07 Å². The predicted molar refractivity (Wildman–Crippen MR) is 95.6 cm³/mol. The summed E-state index contributed by atoms with van der Waals surface area (Å²) >= 11 is 0. The molecule has 0 radical (unpaired) electrons. The average molecular weight is 396 g/mol. The summed E-state index contributed by atoms with van der Waals surface area (Å²) in [6.45, 7) is 1.22. The first-order valence-corrected chi connectivity index (χ1v) is 8.27. The first-order chi connectivity index (χ1) is 13.2. The van der Waals surface area contributed by atoms with Gasteiger partial charge in [0.15, 0.2) is 0 Å². The number of hydrogen-bond acceptors (Lipinski definition) is 6. The number of nitro benzene ring substituents is 2. The molecule has 1 heterocycles.